The number of carbonyl (C=O) groups excluding carboxylic acids is 3. The lowest BCUT2D eigenvalue weighted by Gasteiger charge is -2.29. The Balaban J connectivity index is 1.10. The minimum Gasteiger partial charge on any atom is -0.494 e. The maximum absolute atomic E-state index is 14.4. The molecule has 2 aromatic carbocycles. The van der Waals surface area contributed by atoms with Crippen LogP contribution in [0.4, 0.5) is 4.39 Å². The molecule has 3 N–H and O–H groups in total. The molecule has 2 aliphatic rings. The number of rotatable bonds is 23. The van der Waals surface area contributed by atoms with Crippen molar-refractivity contribution in [3.63, 3.8) is 0 Å². The van der Waals surface area contributed by atoms with E-state index in [1.54, 1.807) is 41.4 Å². The fraction of sp³-hybridized carbons (Fsp3) is 0.431. The topological polar surface area (TPSA) is 116 Å². The molecule has 2 aliphatic heterocycles. The molecule has 10 nitrogen and oxygen atoms in total. The smallest absolute Gasteiger partial charge is 0.257 e. The number of aromatic amines is 1. The molecule has 3 heterocycles. The van der Waals surface area contributed by atoms with Crippen LogP contribution in [0.5, 0.6) is 5.75 Å². The molecule has 0 saturated carbocycles. The van der Waals surface area contributed by atoms with Gasteiger partial charge in [-0.3, -0.25) is 19.3 Å². The summed E-state index contributed by atoms with van der Waals surface area (Å²) in [5.74, 6) is -0.469. The second-order valence-electron chi connectivity index (χ2n) is 16.3. The lowest BCUT2D eigenvalue weighted by atomic mass is 9.81. The maximum Gasteiger partial charge on any atom is 0.257 e. The average Bonchev–Trinajstić information content (AvgIpc) is 3.60. The van der Waals surface area contributed by atoms with E-state index < -0.39 is 17.1 Å². The monoisotopic (exact) mass is 848 g/mol. The highest BCUT2D eigenvalue weighted by molar-refractivity contribution is 6.21. The van der Waals surface area contributed by atoms with Crippen LogP contribution in [0.3, 0.4) is 0 Å². The second-order valence-corrected chi connectivity index (χ2v) is 16.3. The number of allylic oxidation sites excluding steroid dienone is 10. The van der Waals surface area contributed by atoms with Gasteiger partial charge >= 0.3 is 0 Å². The van der Waals surface area contributed by atoms with Crippen molar-refractivity contribution in [1.29, 1.82) is 0 Å². The van der Waals surface area contributed by atoms with E-state index in [1.165, 1.54) is 12.1 Å². The molecule has 3 amide bonds. The van der Waals surface area contributed by atoms with Gasteiger partial charge in [0.15, 0.2) is 0 Å². The summed E-state index contributed by atoms with van der Waals surface area (Å²) < 4.78 is 25.8. The Morgan fingerprint density at radius 3 is 2.16 bits per heavy atom. The molecular weight excluding hydrogens is 782 g/mol. The number of fused-ring (bicyclic) bond motifs is 3. The van der Waals surface area contributed by atoms with E-state index in [9.17, 15) is 18.8 Å². The van der Waals surface area contributed by atoms with E-state index in [1.807, 2.05) is 13.8 Å². The highest BCUT2D eigenvalue weighted by Crippen LogP contribution is 2.40. The number of H-pyrrole nitrogens is 1. The molecule has 0 radical (unpaired) electrons. The van der Waals surface area contributed by atoms with Crippen LogP contribution >= 0.6 is 0 Å². The van der Waals surface area contributed by atoms with Crippen LogP contribution in [-0.4, -0.2) is 91.6 Å². The van der Waals surface area contributed by atoms with E-state index in [0.29, 0.717) is 35.6 Å². The predicted octanol–water partition coefficient (Wildman–Crippen LogP) is 9.34. The van der Waals surface area contributed by atoms with Gasteiger partial charge < -0.3 is 30.0 Å². The summed E-state index contributed by atoms with van der Waals surface area (Å²) in [6, 6.07) is 11.6. The molecule has 0 bridgehead atoms. The number of ether oxygens (including phenoxy) is 2. The third-order valence-corrected chi connectivity index (χ3v) is 10.8. The van der Waals surface area contributed by atoms with Crippen LogP contribution in [0.25, 0.3) is 16.5 Å². The summed E-state index contributed by atoms with van der Waals surface area (Å²) in [7, 11) is 0. The van der Waals surface area contributed by atoms with Crippen molar-refractivity contribution >= 4 is 34.2 Å². The first kappa shape index (κ1) is 47.5. The van der Waals surface area contributed by atoms with Gasteiger partial charge in [0.2, 0.25) is 5.91 Å². The molecule has 1 fully saturated rings. The van der Waals surface area contributed by atoms with Gasteiger partial charge in [-0.25, -0.2) is 4.39 Å². The Hall–Kier alpha value is -5.52. The summed E-state index contributed by atoms with van der Waals surface area (Å²) >= 11 is 0. The molecule has 3 aromatic rings. The quantitative estimate of drug-likeness (QED) is 0.0648. The van der Waals surface area contributed by atoms with Gasteiger partial charge in [0.25, 0.3) is 11.8 Å². The number of unbranched alkanes of at least 4 members (excludes halogenated alkanes) is 1. The molecule has 332 valence electrons. The van der Waals surface area contributed by atoms with E-state index in [0.717, 1.165) is 95.2 Å². The summed E-state index contributed by atoms with van der Waals surface area (Å²) in [5.41, 5.74) is 2.01. The van der Waals surface area contributed by atoms with Crippen molar-refractivity contribution in [2.75, 3.05) is 59.1 Å². The first-order chi connectivity index (χ1) is 30.2. The summed E-state index contributed by atoms with van der Waals surface area (Å²) in [6.45, 7) is 11.8. The number of halogens is 1. The van der Waals surface area contributed by atoms with E-state index in [2.05, 4.69) is 88.2 Å². The second kappa shape index (κ2) is 25.4. The number of hydrogen-bond acceptors (Lipinski definition) is 6. The summed E-state index contributed by atoms with van der Waals surface area (Å²) in [5, 5.41) is 6.61. The normalized spacial score (nSPS) is 15.9. The number of amides is 3. The SMILES string of the molecule is CCC=CCC=CCC=CCC=CCC=CCCCC(=O)NCCNC(=O)C1=CN(C(=O)c2ccc(OCCCN3CCOCC3)cc2)CC(C)(C)c2c1[nH]c1cc(F)ccc21. The van der Waals surface area contributed by atoms with Crippen LogP contribution < -0.4 is 15.4 Å². The standard InChI is InChI=1S/C51H66FN5O5/c1-4-5-6-7-8-9-10-11-12-13-14-15-16-17-18-19-20-22-46(58)53-29-30-54-49(59)44-38-57(39-51(2,3)47-43-28-25-41(52)37-45(43)55-48(44)47)50(60)40-23-26-42(27-24-40)62-34-21-31-56-32-35-61-36-33-56/h5-6,8-9,11-12,14-15,17-18,23-28,37-38,55H,4,7,10,13,16,19-22,29-36,39H2,1-3H3,(H,53,58)(H,54,59). The lowest BCUT2D eigenvalue weighted by molar-refractivity contribution is -0.121. The third-order valence-electron chi connectivity index (χ3n) is 10.8. The molecule has 0 unspecified atom stereocenters. The lowest BCUT2D eigenvalue weighted by Crippen LogP contribution is -2.37. The molecule has 1 saturated heterocycles. The van der Waals surface area contributed by atoms with Crippen molar-refractivity contribution in [2.24, 2.45) is 0 Å². The Bertz CT molecular complexity index is 2090. The Morgan fingerprint density at radius 2 is 1.48 bits per heavy atom. The third kappa shape index (κ3) is 15.1. The van der Waals surface area contributed by atoms with Crippen molar-refractivity contribution < 1.29 is 28.2 Å². The molecule has 11 heteroatoms. The highest BCUT2D eigenvalue weighted by atomic mass is 19.1. The molecule has 62 heavy (non-hydrogen) atoms. The van der Waals surface area contributed by atoms with Crippen molar-refractivity contribution in [3.8, 4) is 5.75 Å². The molecular formula is C51H66FN5O5. The average molecular weight is 848 g/mol. The van der Waals surface area contributed by atoms with Gasteiger partial charge in [-0.2, -0.15) is 0 Å². The van der Waals surface area contributed by atoms with Crippen LogP contribution in [0, 0.1) is 5.82 Å². The zero-order valence-electron chi connectivity index (χ0n) is 36.9. The van der Waals surface area contributed by atoms with Gasteiger partial charge in [0, 0.05) is 73.8 Å². The minimum atomic E-state index is -0.621. The number of morpholine rings is 1. The molecule has 5 rings (SSSR count). The fourth-order valence-electron chi connectivity index (χ4n) is 7.62. The van der Waals surface area contributed by atoms with Gasteiger partial charge in [-0.05, 0) is 99.4 Å². The van der Waals surface area contributed by atoms with E-state index in [-0.39, 0.29) is 37.0 Å². The summed E-state index contributed by atoms with van der Waals surface area (Å²) in [6.07, 6.45) is 30.8. The van der Waals surface area contributed by atoms with Crippen LogP contribution in [0.1, 0.15) is 100 Å². The first-order valence-corrected chi connectivity index (χ1v) is 22.3. The zero-order chi connectivity index (χ0) is 44.0. The van der Waals surface area contributed by atoms with Gasteiger partial charge in [0.1, 0.15) is 11.6 Å². The highest BCUT2D eigenvalue weighted by Gasteiger charge is 2.37. The number of hydrogen-bond donors (Lipinski definition) is 3. The Labute approximate surface area is 367 Å². The van der Waals surface area contributed by atoms with Crippen LogP contribution in [0.15, 0.2) is 109 Å². The van der Waals surface area contributed by atoms with Crippen molar-refractivity contribution in [1.82, 2.24) is 25.4 Å². The number of benzene rings is 2. The van der Waals surface area contributed by atoms with Gasteiger partial charge in [-0.15, -0.1) is 0 Å². The number of aromatic nitrogens is 1. The van der Waals surface area contributed by atoms with E-state index >= 15 is 0 Å². The fourth-order valence-corrected chi connectivity index (χ4v) is 7.62. The molecule has 0 aliphatic carbocycles. The van der Waals surface area contributed by atoms with E-state index in [4.69, 9.17) is 9.47 Å². The Kier molecular flexibility index (Phi) is 19.5. The van der Waals surface area contributed by atoms with Crippen LogP contribution in [0.2, 0.25) is 0 Å². The van der Waals surface area contributed by atoms with Gasteiger partial charge in [0.05, 0.1) is 31.1 Å². The largest absolute Gasteiger partial charge is 0.494 e. The summed E-state index contributed by atoms with van der Waals surface area (Å²) in [4.78, 5) is 47.9. The maximum atomic E-state index is 14.4. The number of nitrogens with one attached hydrogen (secondary N) is 3. The van der Waals surface area contributed by atoms with Crippen molar-refractivity contribution in [3.05, 3.63) is 132 Å². The molecule has 0 atom stereocenters. The zero-order valence-corrected chi connectivity index (χ0v) is 36.9. The van der Waals surface area contributed by atoms with Crippen LogP contribution in [-0.2, 0) is 19.7 Å². The predicted molar refractivity (Wildman–Crippen MR) is 248 cm³/mol. The first-order valence-electron chi connectivity index (χ1n) is 22.3. The number of nitrogens with zero attached hydrogens (tertiary/aromatic N) is 2. The minimum absolute atomic E-state index is 0.0804. The molecule has 1 aromatic heterocycles. The van der Waals surface area contributed by atoms with Crippen molar-refractivity contribution in [2.45, 2.75) is 84.0 Å². The Morgan fingerprint density at radius 1 is 0.839 bits per heavy atom. The molecule has 0 spiro atoms. The van der Waals surface area contributed by atoms with Gasteiger partial charge in [-0.1, -0.05) is 81.5 Å². The number of carbonyl (C=O) groups is 3.